The molecule has 8 nitrogen and oxygen atoms in total. The minimum Gasteiger partial charge on any atom is -0.339 e. The number of amides is 1. The summed E-state index contributed by atoms with van der Waals surface area (Å²) in [7, 11) is -3.18. The lowest BCUT2D eigenvalue weighted by Gasteiger charge is -2.29. The lowest BCUT2D eigenvalue weighted by molar-refractivity contribution is -0.120. The van der Waals surface area contributed by atoms with Crippen LogP contribution in [0, 0.1) is 5.92 Å². The Hall–Kier alpha value is -2.26. The first-order valence-corrected chi connectivity index (χ1v) is 11.2. The van der Waals surface area contributed by atoms with Crippen LogP contribution in [0.15, 0.2) is 28.8 Å². The lowest BCUT2D eigenvalue weighted by Crippen LogP contribution is -2.40. The second-order valence-corrected chi connectivity index (χ2v) is 9.49. The van der Waals surface area contributed by atoms with Gasteiger partial charge < -0.3 is 9.84 Å². The lowest BCUT2D eigenvalue weighted by atomic mass is 9.97. The Balaban J connectivity index is 1.53. The van der Waals surface area contributed by atoms with Gasteiger partial charge in [0.1, 0.15) is 0 Å². The number of aromatic nitrogens is 2. The highest BCUT2D eigenvalue weighted by atomic mass is 32.2. The van der Waals surface area contributed by atoms with Crippen LogP contribution >= 0.6 is 0 Å². The smallest absolute Gasteiger partial charge is 0.229 e. The molecular formula is C19H26N4O4S. The number of hydrogen-bond acceptors (Lipinski definition) is 6. The number of nitrogens with zero attached hydrogens (tertiary/aromatic N) is 3. The third-order valence-corrected chi connectivity index (χ3v) is 6.16. The van der Waals surface area contributed by atoms with Crippen LogP contribution in [0.1, 0.15) is 49.9 Å². The molecular weight excluding hydrogens is 380 g/mol. The van der Waals surface area contributed by atoms with E-state index in [9.17, 15) is 13.2 Å². The van der Waals surface area contributed by atoms with Gasteiger partial charge in [0.15, 0.2) is 5.82 Å². The third kappa shape index (κ3) is 5.17. The Morgan fingerprint density at radius 1 is 1.25 bits per heavy atom. The van der Waals surface area contributed by atoms with Crippen LogP contribution < -0.4 is 5.32 Å². The summed E-state index contributed by atoms with van der Waals surface area (Å²) >= 11 is 0. The first kappa shape index (κ1) is 20.5. The van der Waals surface area contributed by atoms with Crippen molar-refractivity contribution in [2.75, 3.05) is 24.7 Å². The van der Waals surface area contributed by atoms with E-state index in [-0.39, 0.29) is 17.7 Å². The molecule has 2 aromatic rings. The molecule has 0 atom stereocenters. The highest BCUT2D eigenvalue weighted by molar-refractivity contribution is 7.88. The number of nitrogens with one attached hydrogen (secondary N) is 1. The number of benzene rings is 1. The van der Waals surface area contributed by atoms with E-state index in [1.165, 1.54) is 10.6 Å². The Kier molecular flexibility index (Phi) is 6.14. The van der Waals surface area contributed by atoms with Gasteiger partial charge in [0.2, 0.25) is 21.8 Å². The number of anilines is 1. The minimum absolute atomic E-state index is 0.0688. The van der Waals surface area contributed by atoms with Crippen LogP contribution in [-0.4, -0.2) is 48.1 Å². The maximum atomic E-state index is 12.5. The van der Waals surface area contributed by atoms with Gasteiger partial charge in [0, 0.05) is 37.0 Å². The largest absolute Gasteiger partial charge is 0.339 e. The number of hydrogen-bond donors (Lipinski definition) is 1. The van der Waals surface area contributed by atoms with Crippen molar-refractivity contribution in [2.24, 2.45) is 5.92 Å². The van der Waals surface area contributed by atoms with E-state index in [1.54, 1.807) is 0 Å². The summed E-state index contributed by atoms with van der Waals surface area (Å²) in [5.41, 5.74) is 1.74. The number of carbonyl (C=O) groups is 1. The van der Waals surface area contributed by atoms with Crippen LogP contribution in [-0.2, 0) is 21.2 Å². The topological polar surface area (TPSA) is 105 Å². The predicted molar refractivity (Wildman–Crippen MR) is 105 cm³/mol. The van der Waals surface area contributed by atoms with Gasteiger partial charge in [0.05, 0.1) is 6.26 Å². The van der Waals surface area contributed by atoms with E-state index < -0.39 is 10.0 Å². The molecule has 0 aliphatic carbocycles. The van der Waals surface area contributed by atoms with Crippen molar-refractivity contribution in [1.29, 1.82) is 0 Å². The van der Waals surface area contributed by atoms with Gasteiger partial charge in [-0.2, -0.15) is 4.98 Å². The van der Waals surface area contributed by atoms with Crippen molar-refractivity contribution in [3.05, 3.63) is 41.5 Å². The minimum atomic E-state index is -3.18. The van der Waals surface area contributed by atoms with Crippen molar-refractivity contribution in [1.82, 2.24) is 14.4 Å². The van der Waals surface area contributed by atoms with Gasteiger partial charge in [0.25, 0.3) is 0 Å². The summed E-state index contributed by atoms with van der Waals surface area (Å²) < 4.78 is 29.8. The molecule has 2 heterocycles. The second kappa shape index (κ2) is 8.40. The summed E-state index contributed by atoms with van der Waals surface area (Å²) in [5, 5.41) is 6.90. The fraction of sp³-hybridized carbons (Fsp3) is 0.526. The summed E-state index contributed by atoms with van der Waals surface area (Å²) in [4.78, 5) is 16.8. The fourth-order valence-corrected chi connectivity index (χ4v) is 4.03. The number of rotatable bonds is 6. The van der Waals surface area contributed by atoms with E-state index in [2.05, 4.69) is 15.5 Å². The summed E-state index contributed by atoms with van der Waals surface area (Å²) in [5.74, 6) is 1.22. The third-order valence-electron chi connectivity index (χ3n) is 4.86. The van der Waals surface area contributed by atoms with Crippen molar-refractivity contribution >= 4 is 21.6 Å². The van der Waals surface area contributed by atoms with Crippen molar-refractivity contribution < 1.29 is 17.7 Å². The predicted octanol–water partition coefficient (Wildman–Crippen LogP) is 2.39. The van der Waals surface area contributed by atoms with Gasteiger partial charge in [-0.3, -0.25) is 4.79 Å². The van der Waals surface area contributed by atoms with Crippen LogP contribution in [0.4, 0.5) is 5.69 Å². The van der Waals surface area contributed by atoms with Crippen LogP contribution in [0.2, 0.25) is 0 Å². The average Bonchev–Trinajstić information content (AvgIpc) is 3.11. The Morgan fingerprint density at radius 3 is 2.43 bits per heavy atom. The van der Waals surface area contributed by atoms with Crippen LogP contribution in [0.3, 0.4) is 0 Å². The van der Waals surface area contributed by atoms with Gasteiger partial charge >= 0.3 is 0 Å². The monoisotopic (exact) mass is 406 g/mol. The molecule has 9 heteroatoms. The molecule has 1 aromatic carbocycles. The van der Waals surface area contributed by atoms with E-state index >= 15 is 0 Å². The zero-order valence-corrected chi connectivity index (χ0v) is 17.2. The normalized spacial score (nSPS) is 16.4. The zero-order chi connectivity index (χ0) is 20.3. The first-order valence-electron chi connectivity index (χ1n) is 9.40. The van der Waals surface area contributed by atoms with Crippen molar-refractivity contribution in [2.45, 2.75) is 39.0 Å². The standard InChI is InChI=1S/C19H26N4O4S/c1-13(2)19-21-17(22-27-19)12-14-4-6-16(7-5-14)20-18(24)15-8-10-23(11-9-15)28(3,25)26/h4-7,13,15H,8-12H2,1-3H3,(H,20,24). The molecule has 0 spiro atoms. The zero-order valence-electron chi connectivity index (χ0n) is 16.4. The first-order chi connectivity index (χ1) is 13.2. The quantitative estimate of drug-likeness (QED) is 0.790. The highest BCUT2D eigenvalue weighted by Gasteiger charge is 2.28. The summed E-state index contributed by atoms with van der Waals surface area (Å²) in [6.07, 6.45) is 2.83. The maximum Gasteiger partial charge on any atom is 0.229 e. The molecule has 152 valence electrons. The Bertz CT molecular complexity index is 914. The summed E-state index contributed by atoms with van der Waals surface area (Å²) in [6.45, 7) is 4.78. The average molecular weight is 407 g/mol. The summed E-state index contributed by atoms with van der Waals surface area (Å²) in [6, 6.07) is 7.55. The van der Waals surface area contributed by atoms with Gasteiger partial charge in [-0.05, 0) is 30.5 Å². The van der Waals surface area contributed by atoms with Crippen LogP contribution in [0.25, 0.3) is 0 Å². The molecule has 1 aliphatic heterocycles. The number of sulfonamides is 1. The van der Waals surface area contributed by atoms with Crippen molar-refractivity contribution in [3.63, 3.8) is 0 Å². The SMILES string of the molecule is CC(C)c1nc(Cc2ccc(NC(=O)C3CCN(S(C)(=O)=O)CC3)cc2)no1. The highest BCUT2D eigenvalue weighted by Crippen LogP contribution is 2.21. The molecule has 28 heavy (non-hydrogen) atoms. The number of piperidine rings is 1. The second-order valence-electron chi connectivity index (χ2n) is 7.50. The molecule has 1 aromatic heterocycles. The molecule has 0 unspecified atom stereocenters. The van der Waals surface area contributed by atoms with E-state index in [1.807, 2.05) is 38.1 Å². The number of carbonyl (C=O) groups excluding carboxylic acids is 1. The fourth-order valence-electron chi connectivity index (χ4n) is 3.16. The van der Waals surface area contributed by atoms with E-state index in [0.717, 1.165) is 11.3 Å². The van der Waals surface area contributed by atoms with Crippen molar-refractivity contribution in [3.8, 4) is 0 Å². The van der Waals surface area contributed by atoms with Gasteiger partial charge in [-0.1, -0.05) is 31.1 Å². The van der Waals surface area contributed by atoms with Gasteiger partial charge in [-0.25, -0.2) is 12.7 Å². The molecule has 0 bridgehead atoms. The molecule has 1 amide bonds. The van der Waals surface area contributed by atoms with Crippen LogP contribution in [0.5, 0.6) is 0 Å². The molecule has 3 rings (SSSR count). The van der Waals surface area contributed by atoms with E-state index in [4.69, 9.17) is 4.52 Å². The molecule has 1 N–H and O–H groups in total. The maximum absolute atomic E-state index is 12.5. The Morgan fingerprint density at radius 2 is 1.89 bits per heavy atom. The molecule has 1 saturated heterocycles. The van der Waals surface area contributed by atoms with E-state index in [0.29, 0.717) is 44.1 Å². The molecule has 1 aliphatic rings. The molecule has 1 fully saturated rings. The molecule has 0 saturated carbocycles. The van der Waals surface area contributed by atoms with Gasteiger partial charge in [-0.15, -0.1) is 0 Å². The Labute approximate surface area is 165 Å². The molecule has 0 radical (unpaired) electrons.